The molecule has 0 spiro atoms. The molecule has 1 saturated heterocycles. The SMILES string of the molecule is CC1C(N)CCCN1c1n[nH]c(Cc2cccc(Br)c2)n1. The van der Waals surface area contributed by atoms with Crippen LogP contribution in [0.4, 0.5) is 5.95 Å². The summed E-state index contributed by atoms with van der Waals surface area (Å²) in [7, 11) is 0. The standard InChI is InChI=1S/C15H20BrN5/c1-10-13(17)6-3-7-21(10)15-18-14(19-20-15)9-11-4-2-5-12(16)8-11/h2,4-5,8,10,13H,3,6-7,9,17H2,1H3,(H,18,19,20). The van der Waals surface area contributed by atoms with Crippen LogP contribution in [0.15, 0.2) is 28.7 Å². The van der Waals surface area contributed by atoms with Crippen molar-refractivity contribution in [1.29, 1.82) is 0 Å². The lowest BCUT2D eigenvalue weighted by atomic mass is 9.99. The maximum absolute atomic E-state index is 6.14. The number of rotatable bonds is 3. The summed E-state index contributed by atoms with van der Waals surface area (Å²) in [5.74, 6) is 1.65. The second kappa shape index (κ2) is 6.15. The number of nitrogens with zero attached hydrogens (tertiary/aromatic N) is 3. The Labute approximate surface area is 133 Å². The van der Waals surface area contributed by atoms with E-state index >= 15 is 0 Å². The number of halogens is 1. The Hall–Kier alpha value is -1.40. The van der Waals surface area contributed by atoms with E-state index in [0.717, 1.165) is 42.1 Å². The average Bonchev–Trinajstić information content (AvgIpc) is 2.90. The predicted molar refractivity (Wildman–Crippen MR) is 87.3 cm³/mol. The molecular weight excluding hydrogens is 330 g/mol. The van der Waals surface area contributed by atoms with Crippen LogP contribution in [0.5, 0.6) is 0 Å². The molecule has 2 unspecified atom stereocenters. The van der Waals surface area contributed by atoms with Gasteiger partial charge >= 0.3 is 0 Å². The maximum atomic E-state index is 6.14. The van der Waals surface area contributed by atoms with Gasteiger partial charge in [0.05, 0.1) is 0 Å². The summed E-state index contributed by atoms with van der Waals surface area (Å²) < 4.78 is 1.08. The fourth-order valence-electron chi connectivity index (χ4n) is 2.79. The van der Waals surface area contributed by atoms with E-state index in [4.69, 9.17) is 5.73 Å². The lowest BCUT2D eigenvalue weighted by molar-refractivity contribution is 0.416. The molecule has 5 nitrogen and oxygen atoms in total. The lowest BCUT2D eigenvalue weighted by Gasteiger charge is -2.36. The van der Waals surface area contributed by atoms with Gasteiger partial charge in [-0.3, -0.25) is 5.10 Å². The van der Waals surface area contributed by atoms with Gasteiger partial charge in [-0.05, 0) is 37.5 Å². The number of piperidine rings is 1. The van der Waals surface area contributed by atoms with E-state index in [2.05, 4.69) is 55.1 Å². The third-order valence-corrected chi connectivity index (χ3v) is 4.58. The molecular formula is C15H20BrN5. The van der Waals surface area contributed by atoms with Crippen LogP contribution in [-0.4, -0.2) is 33.8 Å². The molecule has 2 heterocycles. The largest absolute Gasteiger partial charge is 0.335 e. The van der Waals surface area contributed by atoms with Crippen LogP contribution >= 0.6 is 15.9 Å². The minimum absolute atomic E-state index is 0.200. The van der Waals surface area contributed by atoms with E-state index in [-0.39, 0.29) is 12.1 Å². The molecule has 3 N–H and O–H groups in total. The Bertz CT molecular complexity index is 612. The number of hydrogen-bond donors (Lipinski definition) is 2. The third kappa shape index (κ3) is 3.27. The van der Waals surface area contributed by atoms with Crippen molar-refractivity contribution in [1.82, 2.24) is 15.2 Å². The molecule has 2 aromatic rings. The maximum Gasteiger partial charge on any atom is 0.245 e. The Kier molecular flexibility index (Phi) is 4.26. The zero-order valence-electron chi connectivity index (χ0n) is 12.1. The Balaban J connectivity index is 1.74. The highest BCUT2D eigenvalue weighted by Crippen LogP contribution is 2.21. The zero-order chi connectivity index (χ0) is 14.8. The van der Waals surface area contributed by atoms with Crippen molar-refractivity contribution in [2.45, 2.75) is 38.3 Å². The zero-order valence-corrected chi connectivity index (χ0v) is 13.7. The van der Waals surface area contributed by atoms with E-state index in [0.29, 0.717) is 0 Å². The van der Waals surface area contributed by atoms with Crippen molar-refractivity contribution in [3.05, 3.63) is 40.1 Å². The Morgan fingerprint density at radius 3 is 3.14 bits per heavy atom. The number of aromatic nitrogens is 3. The minimum atomic E-state index is 0.200. The third-order valence-electron chi connectivity index (χ3n) is 4.09. The molecule has 0 bridgehead atoms. The number of anilines is 1. The van der Waals surface area contributed by atoms with Gasteiger partial charge in [-0.2, -0.15) is 4.98 Å². The number of hydrogen-bond acceptors (Lipinski definition) is 4. The Morgan fingerprint density at radius 1 is 1.48 bits per heavy atom. The molecule has 1 fully saturated rings. The topological polar surface area (TPSA) is 70.8 Å². The fraction of sp³-hybridized carbons (Fsp3) is 0.467. The summed E-state index contributed by atoms with van der Waals surface area (Å²) in [5.41, 5.74) is 7.34. The van der Waals surface area contributed by atoms with Crippen molar-refractivity contribution in [2.75, 3.05) is 11.4 Å². The molecule has 1 aliphatic rings. The van der Waals surface area contributed by atoms with Crippen molar-refractivity contribution >= 4 is 21.9 Å². The van der Waals surface area contributed by atoms with E-state index < -0.39 is 0 Å². The van der Waals surface area contributed by atoms with Crippen LogP contribution in [0.3, 0.4) is 0 Å². The van der Waals surface area contributed by atoms with Crippen LogP contribution < -0.4 is 10.6 Å². The first-order chi connectivity index (χ1) is 10.1. The molecule has 0 saturated carbocycles. The molecule has 21 heavy (non-hydrogen) atoms. The van der Waals surface area contributed by atoms with Gasteiger partial charge in [0.15, 0.2) is 0 Å². The second-order valence-electron chi connectivity index (χ2n) is 5.63. The summed E-state index contributed by atoms with van der Waals surface area (Å²) >= 11 is 3.49. The van der Waals surface area contributed by atoms with Crippen molar-refractivity contribution < 1.29 is 0 Å². The highest BCUT2D eigenvalue weighted by Gasteiger charge is 2.27. The normalized spacial score (nSPS) is 22.5. The van der Waals surface area contributed by atoms with Crippen molar-refractivity contribution in [2.24, 2.45) is 5.73 Å². The summed E-state index contributed by atoms with van der Waals surface area (Å²) in [6.45, 7) is 3.12. The average molecular weight is 350 g/mol. The van der Waals surface area contributed by atoms with Gasteiger partial charge < -0.3 is 10.6 Å². The highest BCUT2D eigenvalue weighted by molar-refractivity contribution is 9.10. The van der Waals surface area contributed by atoms with Crippen LogP contribution in [0.2, 0.25) is 0 Å². The van der Waals surface area contributed by atoms with Gasteiger partial charge in [-0.15, -0.1) is 5.10 Å². The van der Waals surface area contributed by atoms with Crippen molar-refractivity contribution in [3.8, 4) is 0 Å². The number of aromatic amines is 1. The Morgan fingerprint density at radius 2 is 2.33 bits per heavy atom. The van der Waals surface area contributed by atoms with Crippen LogP contribution in [-0.2, 0) is 6.42 Å². The quantitative estimate of drug-likeness (QED) is 0.892. The van der Waals surface area contributed by atoms with Crippen LogP contribution in [0, 0.1) is 0 Å². The molecule has 112 valence electrons. The first kappa shape index (κ1) is 14.5. The number of benzene rings is 1. The van der Waals surface area contributed by atoms with E-state index in [1.807, 2.05) is 12.1 Å². The van der Waals surface area contributed by atoms with E-state index in [1.54, 1.807) is 0 Å². The molecule has 0 radical (unpaired) electrons. The van der Waals surface area contributed by atoms with E-state index in [9.17, 15) is 0 Å². The summed E-state index contributed by atoms with van der Waals surface area (Å²) in [6, 6.07) is 8.72. The smallest absolute Gasteiger partial charge is 0.245 e. The number of H-pyrrole nitrogens is 1. The minimum Gasteiger partial charge on any atom is -0.335 e. The molecule has 0 aliphatic carbocycles. The molecule has 1 aromatic carbocycles. The first-order valence-electron chi connectivity index (χ1n) is 7.31. The monoisotopic (exact) mass is 349 g/mol. The molecule has 6 heteroatoms. The molecule has 0 amide bonds. The fourth-order valence-corrected chi connectivity index (χ4v) is 3.24. The molecule has 2 atom stereocenters. The number of nitrogens with two attached hydrogens (primary N) is 1. The highest BCUT2D eigenvalue weighted by atomic mass is 79.9. The van der Waals surface area contributed by atoms with Gasteiger partial charge in [-0.1, -0.05) is 28.1 Å². The van der Waals surface area contributed by atoms with Crippen LogP contribution in [0.1, 0.15) is 31.2 Å². The van der Waals surface area contributed by atoms with Gasteiger partial charge in [0, 0.05) is 29.5 Å². The first-order valence-corrected chi connectivity index (χ1v) is 8.11. The lowest BCUT2D eigenvalue weighted by Crippen LogP contribution is -2.50. The van der Waals surface area contributed by atoms with E-state index in [1.165, 1.54) is 5.56 Å². The van der Waals surface area contributed by atoms with Gasteiger partial charge in [0.2, 0.25) is 5.95 Å². The molecule has 1 aliphatic heterocycles. The number of nitrogens with one attached hydrogen (secondary N) is 1. The van der Waals surface area contributed by atoms with Gasteiger partial charge in [-0.25, -0.2) is 0 Å². The van der Waals surface area contributed by atoms with Gasteiger partial charge in [0.25, 0.3) is 0 Å². The van der Waals surface area contributed by atoms with Gasteiger partial charge in [0.1, 0.15) is 5.82 Å². The summed E-state index contributed by atoms with van der Waals surface area (Å²) in [4.78, 5) is 6.84. The molecule has 1 aromatic heterocycles. The predicted octanol–water partition coefficient (Wildman–Crippen LogP) is 2.47. The summed E-state index contributed by atoms with van der Waals surface area (Å²) in [6.07, 6.45) is 2.93. The van der Waals surface area contributed by atoms with Crippen molar-refractivity contribution in [3.63, 3.8) is 0 Å². The van der Waals surface area contributed by atoms with Crippen LogP contribution in [0.25, 0.3) is 0 Å². The molecule has 3 rings (SSSR count). The summed E-state index contributed by atoms with van der Waals surface area (Å²) in [5, 5.41) is 7.41. The second-order valence-corrected chi connectivity index (χ2v) is 6.54.